The molecule has 0 bridgehead atoms. The molecule has 5 heteroatoms. The number of aryl methyl sites for hydroxylation is 1. The lowest BCUT2D eigenvalue weighted by Crippen LogP contribution is -2.47. The minimum atomic E-state index is -0.208. The summed E-state index contributed by atoms with van der Waals surface area (Å²) >= 11 is 0. The highest BCUT2D eigenvalue weighted by Crippen LogP contribution is 2.41. The molecule has 2 aliphatic heterocycles. The molecule has 0 saturated carbocycles. The van der Waals surface area contributed by atoms with Gasteiger partial charge in [-0.05, 0) is 37.3 Å². The number of piperidine rings is 1. The Morgan fingerprint density at radius 2 is 1.87 bits per heavy atom. The second kappa shape index (κ2) is 6.02. The van der Waals surface area contributed by atoms with Crippen molar-refractivity contribution in [3.63, 3.8) is 0 Å². The van der Waals surface area contributed by atoms with Crippen LogP contribution >= 0.6 is 0 Å². The molecule has 2 amide bonds. The molecule has 0 N–H and O–H groups in total. The smallest absolute Gasteiger partial charge is 0.270 e. The lowest BCUT2D eigenvalue weighted by atomic mass is 9.77. The summed E-state index contributed by atoms with van der Waals surface area (Å²) in [5, 5.41) is 0. The topological polar surface area (TPSA) is 45.5 Å². The van der Waals surface area contributed by atoms with Crippen LogP contribution in [0.1, 0.15) is 43.6 Å². The zero-order chi connectivity index (χ0) is 16.6. The Balaban J connectivity index is 1.64. The van der Waals surface area contributed by atoms with Gasteiger partial charge in [0.2, 0.25) is 5.91 Å². The average Bonchev–Trinajstić information content (AvgIpc) is 3.07. The van der Waals surface area contributed by atoms with Gasteiger partial charge in [0.15, 0.2) is 0 Å². The number of nitrogens with zero attached hydrogens (tertiary/aromatic N) is 3. The molecule has 5 nitrogen and oxygen atoms in total. The monoisotopic (exact) mass is 317 g/mol. The predicted molar refractivity (Wildman–Crippen MR) is 89.0 cm³/mol. The SMILES string of the molecule is CC(C)CN1CCC2(CCN(C(=O)c3cccn3C)CC2)C1=O. The highest BCUT2D eigenvalue weighted by atomic mass is 16.2. The van der Waals surface area contributed by atoms with Crippen molar-refractivity contribution in [3.8, 4) is 0 Å². The number of aromatic nitrogens is 1. The predicted octanol–water partition coefficient (Wildman–Crippen LogP) is 2.14. The Kier molecular flexibility index (Phi) is 4.21. The molecule has 2 fully saturated rings. The van der Waals surface area contributed by atoms with Crippen molar-refractivity contribution in [1.82, 2.24) is 14.4 Å². The third-order valence-electron chi connectivity index (χ3n) is 5.36. The van der Waals surface area contributed by atoms with Crippen LogP contribution in [0.4, 0.5) is 0 Å². The molecule has 1 aromatic heterocycles. The van der Waals surface area contributed by atoms with Gasteiger partial charge in [-0.15, -0.1) is 0 Å². The maximum atomic E-state index is 12.8. The van der Waals surface area contributed by atoms with Gasteiger partial charge < -0.3 is 14.4 Å². The fraction of sp³-hybridized carbons (Fsp3) is 0.667. The highest BCUT2D eigenvalue weighted by molar-refractivity contribution is 5.93. The number of rotatable bonds is 3. The number of hydrogen-bond acceptors (Lipinski definition) is 2. The van der Waals surface area contributed by atoms with Gasteiger partial charge >= 0.3 is 0 Å². The molecule has 3 heterocycles. The summed E-state index contributed by atoms with van der Waals surface area (Å²) in [6.07, 6.45) is 4.45. The van der Waals surface area contributed by atoms with Crippen molar-refractivity contribution in [2.24, 2.45) is 18.4 Å². The van der Waals surface area contributed by atoms with E-state index in [1.165, 1.54) is 0 Å². The van der Waals surface area contributed by atoms with Gasteiger partial charge in [-0.25, -0.2) is 0 Å². The van der Waals surface area contributed by atoms with Gasteiger partial charge in [0.1, 0.15) is 5.69 Å². The molecule has 2 aliphatic rings. The molecule has 0 radical (unpaired) electrons. The van der Waals surface area contributed by atoms with Gasteiger partial charge in [0.05, 0.1) is 5.41 Å². The van der Waals surface area contributed by atoms with Gasteiger partial charge in [0.25, 0.3) is 5.91 Å². The Bertz CT molecular complexity index is 597. The summed E-state index contributed by atoms with van der Waals surface area (Å²) in [4.78, 5) is 29.3. The van der Waals surface area contributed by atoms with Crippen LogP contribution in [0.25, 0.3) is 0 Å². The quantitative estimate of drug-likeness (QED) is 0.857. The lowest BCUT2D eigenvalue weighted by Gasteiger charge is -2.38. The van der Waals surface area contributed by atoms with Gasteiger partial charge in [-0.1, -0.05) is 13.8 Å². The Hall–Kier alpha value is -1.78. The highest BCUT2D eigenvalue weighted by Gasteiger charge is 2.48. The number of likely N-dealkylation sites (tertiary alicyclic amines) is 2. The summed E-state index contributed by atoms with van der Waals surface area (Å²) in [6.45, 7) is 7.41. The minimum Gasteiger partial charge on any atom is -0.347 e. The first-order valence-corrected chi connectivity index (χ1v) is 8.63. The van der Waals surface area contributed by atoms with Crippen molar-refractivity contribution in [2.75, 3.05) is 26.2 Å². The zero-order valence-corrected chi connectivity index (χ0v) is 14.4. The molecular weight excluding hydrogens is 290 g/mol. The molecule has 0 aliphatic carbocycles. The van der Waals surface area contributed by atoms with Crippen molar-refractivity contribution >= 4 is 11.8 Å². The molecule has 1 spiro atoms. The van der Waals surface area contributed by atoms with Gasteiger partial charge in [-0.3, -0.25) is 9.59 Å². The normalized spacial score (nSPS) is 20.8. The van der Waals surface area contributed by atoms with Gasteiger partial charge in [0, 0.05) is 39.4 Å². The van der Waals surface area contributed by atoms with Crippen LogP contribution in [0, 0.1) is 11.3 Å². The van der Waals surface area contributed by atoms with Crippen molar-refractivity contribution < 1.29 is 9.59 Å². The molecule has 1 aromatic rings. The van der Waals surface area contributed by atoms with Crippen LogP contribution in [0.15, 0.2) is 18.3 Å². The standard InChI is InChI=1S/C18H27N3O2/c1-14(2)13-21-12-8-18(17(21)23)6-10-20(11-7-18)16(22)15-5-4-9-19(15)3/h4-5,9,14H,6-8,10-13H2,1-3H3. The van der Waals surface area contributed by atoms with E-state index in [0.29, 0.717) is 24.9 Å². The van der Waals surface area contributed by atoms with Crippen LogP contribution < -0.4 is 0 Å². The maximum Gasteiger partial charge on any atom is 0.270 e. The van der Waals surface area contributed by atoms with E-state index in [9.17, 15) is 9.59 Å². The first-order chi connectivity index (χ1) is 10.9. The fourth-order valence-electron chi connectivity index (χ4n) is 3.95. The van der Waals surface area contributed by atoms with E-state index in [-0.39, 0.29) is 11.3 Å². The maximum absolute atomic E-state index is 12.8. The first-order valence-electron chi connectivity index (χ1n) is 8.63. The lowest BCUT2D eigenvalue weighted by molar-refractivity contribution is -0.138. The Morgan fingerprint density at radius 1 is 1.22 bits per heavy atom. The molecule has 0 atom stereocenters. The largest absolute Gasteiger partial charge is 0.347 e. The third-order valence-corrected chi connectivity index (χ3v) is 5.36. The number of hydrogen-bond donors (Lipinski definition) is 0. The van der Waals surface area contributed by atoms with Crippen molar-refractivity contribution in [1.29, 1.82) is 0 Å². The van der Waals surface area contributed by atoms with Crippen LogP contribution in [0.2, 0.25) is 0 Å². The fourth-order valence-corrected chi connectivity index (χ4v) is 3.95. The molecule has 3 rings (SSSR count). The van der Waals surface area contributed by atoms with E-state index >= 15 is 0 Å². The first kappa shape index (κ1) is 16.1. The Labute approximate surface area is 138 Å². The second-order valence-electron chi connectivity index (χ2n) is 7.47. The molecule has 126 valence electrons. The van der Waals surface area contributed by atoms with Crippen molar-refractivity contribution in [3.05, 3.63) is 24.0 Å². The van der Waals surface area contributed by atoms with Crippen LogP contribution in [0.5, 0.6) is 0 Å². The van der Waals surface area contributed by atoms with Crippen LogP contribution in [0.3, 0.4) is 0 Å². The van der Waals surface area contributed by atoms with E-state index in [2.05, 4.69) is 13.8 Å². The number of carbonyl (C=O) groups is 2. The molecule has 23 heavy (non-hydrogen) atoms. The third kappa shape index (κ3) is 2.89. The van der Waals surface area contributed by atoms with Crippen molar-refractivity contribution in [2.45, 2.75) is 33.1 Å². The summed E-state index contributed by atoms with van der Waals surface area (Å²) in [6, 6.07) is 3.75. The summed E-state index contributed by atoms with van der Waals surface area (Å²) in [5.41, 5.74) is 0.514. The number of carbonyl (C=O) groups excluding carboxylic acids is 2. The van der Waals surface area contributed by atoms with E-state index in [0.717, 1.165) is 38.0 Å². The van der Waals surface area contributed by atoms with E-state index in [1.807, 2.05) is 39.7 Å². The van der Waals surface area contributed by atoms with Crippen LogP contribution in [-0.4, -0.2) is 52.4 Å². The second-order valence-corrected chi connectivity index (χ2v) is 7.47. The molecular formula is C18H27N3O2. The molecule has 0 unspecified atom stereocenters. The van der Waals surface area contributed by atoms with E-state index in [4.69, 9.17) is 0 Å². The zero-order valence-electron chi connectivity index (χ0n) is 14.4. The van der Waals surface area contributed by atoms with Crippen LogP contribution in [-0.2, 0) is 11.8 Å². The number of amides is 2. The average molecular weight is 317 g/mol. The summed E-state index contributed by atoms with van der Waals surface area (Å²) in [7, 11) is 1.89. The summed E-state index contributed by atoms with van der Waals surface area (Å²) < 4.78 is 1.86. The molecule has 2 saturated heterocycles. The van der Waals surface area contributed by atoms with E-state index in [1.54, 1.807) is 0 Å². The summed E-state index contributed by atoms with van der Waals surface area (Å²) in [5.74, 6) is 0.905. The minimum absolute atomic E-state index is 0.0804. The molecule has 0 aromatic carbocycles. The Morgan fingerprint density at radius 3 is 2.43 bits per heavy atom. The van der Waals surface area contributed by atoms with Gasteiger partial charge in [-0.2, -0.15) is 0 Å². The van der Waals surface area contributed by atoms with E-state index < -0.39 is 0 Å².